The molecule has 0 saturated carbocycles. The molecule has 0 bridgehead atoms. The molecular formula is C14H18N2O4. The zero-order valence-corrected chi connectivity index (χ0v) is 11.2. The van der Waals surface area contributed by atoms with Crippen molar-refractivity contribution in [2.24, 2.45) is 5.73 Å². The third-order valence-corrected chi connectivity index (χ3v) is 3.05. The molecule has 20 heavy (non-hydrogen) atoms. The predicted molar refractivity (Wildman–Crippen MR) is 71.5 cm³/mol. The Morgan fingerprint density at radius 3 is 2.65 bits per heavy atom. The van der Waals surface area contributed by atoms with Crippen LogP contribution in [0.25, 0.3) is 0 Å². The van der Waals surface area contributed by atoms with Gasteiger partial charge in [0.15, 0.2) is 6.10 Å². The lowest BCUT2D eigenvalue weighted by molar-refractivity contribution is -0.204. The highest BCUT2D eigenvalue weighted by atomic mass is 16.7. The minimum absolute atomic E-state index is 0.280. The van der Waals surface area contributed by atoms with Gasteiger partial charge in [-0.15, -0.1) is 0 Å². The largest absolute Gasteiger partial charge is 0.436 e. The van der Waals surface area contributed by atoms with Crippen LogP contribution < -0.4 is 5.73 Å². The molecule has 6 nitrogen and oxygen atoms in total. The van der Waals surface area contributed by atoms with Crippen LogP contribution in [-0.4, -0.2) is 36.3 Å². The van der Waals surface area contributed by atoms with Crippen molar-refractivity contribution in [2.75, 3.05) is 13.2 Å². The van der Waals surface area contributed by atoms with Crippen LogP contribution in [-0.2, 0) is 20.8 Å². The Morgan fingerprint density at radius 1 is 1.30 bits per heavy atom. The summed E-state index contributed by atoms with van der Waals surface area (Å²) >= 11 is 0. The minimum atomic E-state index is -0.962. The van der Waals surface area contributed by atoms with Crippen molar-refractivity contribution in [2.45, 2.75) is 25.4 Å². The lowest BCUT2D eigenvalue weighted by atomic mass is 10.1. The highest BCUT2D eigenvalue weighted by Gasteiger charge is 2.29. The van der Waals surface area contributed by atoms with Gasteiger partial charge >= 0.3 is 6.09 Å². The molecule has 6 heteroatoms. The van der Waals surface area contributed by atoms with Crippen LogP contribution in [0, 0.1) is 0 Å². The molecular weight excluding hydrogens is 260 g/mol. The second-order valence-corrected chi connectivity index (χ2v) is 4.60. The van der Waals surface area contributed by atoms with Crippen molar-refractivity contribution in [1.29, 1.82) is 0 Å². The number of nitrogens with two attached hydrogens (primary N) is 1. The fraction of sp³-hybridized carbons (Fsp3) is 0.429. The maximum atomic E-state index is 12.3. The first-order chi connectivity index (χ1) is 9.66. The molecule has 0 aliphatic carbocycles. The van der Waals surface area contributed by atoms with E-state index >= 15 is 0 Å². The number of hydrogen-bond acceptors (Lipinski definition) is 4. The van der Waals surface area contributed by atoms with Crippen molar-refractivity contribution >= 4 is 12.0 Å². The van der Waals surface area contributed by atoms with Crippen LogP contribution in [0.15, 0.2) is 30.3 Å². The average molecular weight is 278 g/mol. The molecule has 2 N–H and O–H groups in total. The number of amides is 2. The highest BCUT2D eigenvalue weighted by molar-refractivity contribution is 5.82. The molecule has 0 aromatic heterocycles. The van der Waals surface area contributed by atoms with Gasteiger partial charge in [-0.3, -0.25) is 9.63 Å². The molecule has 1 aliphatic heterocycles. The zero-order chi connectivity index (χ0) is 14.4. The molecule has 108 valence electrons. The molecule has 1 fully saturated rings. The maximum absolute atomic E-state index is 12.3. The lowest BCUT2D eigenvalue weighted by Gasteiger charge is -2.29. The Hall–Kier alpha value is -2.08. The molecule has 2 amide bonds. The zero-order valence-electron chi connectivity index (χ0n) is 11.2. The van der Waals surface area contributed by atoms with Gasteiger partial charge in [0.1, 0.15) is 0 Å². The van der Waals surface area contributed by atoms with Crippen molar-refractivity contribution in [3.63, 3.8) is 0 Å². The SMILES string of the molecule is NC(=O)OC(Cc1ccccc1)C(=O)N1CCCCO1. The summed E-state index contributed by atoms with van der Waals surface area (Å²) in [6.07, 6.45) is 0.163. The van der Waals surface area contributed by atoms with Crippen LogP contribution >= 0.6 is 0 Å². The first-order valence-electron chi connectivity index (χ1n) is 6.61. The van der Waals surface area contributed by atoms with Crippen molar-refractivity contribution in [3.8, 4) is 0 Å². The second kappa shape index (κ2) is 6.91. The third-order valence-electron chi connectivity index (χ3n) is 3.05. The molecule has 1 heterocycles. The number of carbonyl (C=O) groups is 2. The topological polar surface area (TPSA) is 81.9 Å². The molecule has 0 radical (unpaired) electrons. The predicted octanol–water partition coefficient (Wildman–Crippen LogP) is 1.25. The summed E-state index contributed by atoms with van der Waals surface area (Å²) in [7, 11) is 0. The molecule has 1 aromatic rings. The van der Waals surface area contributed by atoms with E-state index in [1.54, 1.807) is 0 Å². The van der Waals surface area contributed by atoms with Gasteiger partial charge in [0.2, 0.25) is 0 Å². The number of ether oxygens (including phenoxy) is 1. The summed E-state index contributed by atoms with van der Waals surface area (Å²) < 4.78 is 4.94. The molecule has 0 spiro atoms. The van der Waals surface area contributed by atoms with Gasteiger partial charge in [-0.1, -0.05) is 30.3 Å². The third kappa shape index (κ3) is 3.96. The normalized spacial score (nSPS) is 16.5. The van der Waals surface area contributed by atoms with Crippen LogP contribution in [0.4, 0.5) is 4.79 Å². The number of primary amides is 1. The first kappa shape index (κ1) is 14.3. The van der Waals surface area contributed by atoms with E-state index in [0.717, 1.165) is 18.4 Å². The summed E-state index contributed by atoms with van der Waals surface area (Å²) in [4.78, 5) is 28.6. The van der Waals surface area contributed by atoms with E-state index in [2.05, 4.69) is 0 Å². The molecule has 1 aliphatic rings. The highest BCUT2D eigenvalue weighted by Crippen LogP contribution is 2.13. The summed E-state index contributed by atoms with van der Waals surface area (Å²) in [5, 5.41) is 1.26. The van der Waals surface area contributed by atoms with E-state index in [1.807, 2.05) is 30.3 Å². The van der Waals surface area contributed by atoms with Gasteiger partial charge < -0.3 is 10.5 Å². The van der Waals surface area contributed by atoms with Gasteiger partial charge in [0, 0.05) is 13.0 Å². The number of benzene rings is 1. The Labute approximate surface area is 117 Å². The Balaban J connectivity index is 2.05. The smallest absolute Gasteiger partial charge is 0.405 e. The van der Waals surface area contributed by atoms with E-state index in [0.29, 0.717) is 13.2 Å². The molecule has 1 saturated heterocycles. The fourth-order valence-corrected chi connectivity index (χ4v) is 2.08. The molecule has 1 atom stereocenters. The average Bonchev–Trinajstić information content (AvgIpc) is 2.47. The standard InChI is InChI=1S/C14H18N2O4/c15-14(18)20-12(10-11-6-2-1-3-7-11)13(17)16-8-4-5-9-19-16/h1-3,6-7,12H,4-5,8-10H2,(H2,15,18). The fourth-order valence-electron chi connectivity index (χ4n) is 2.08. The Kier molecular flexibility index (Phi) is 4.95. The van der Waals surface area contributed by atoms with E-state index < -0.39 is 12.2 Å². The number of hydrogen-bond donors (Lipinski definition) is 1. The van der Waals surface area contributed by atoms with Crippen molar-refractivity contribution < 1.29 is 19.2 Å². The van der Waals surface area contributed by atoms with Crippen LogP contribution in [0.5, 0.6) is 0 Å². The Morgan fingerprint density at radius 2 is 2.05 bits per heavy atom. The molecule has 1 aromatic carbocycles. The summed E-state index contributed by atoms with van der Waals surface area (Å²) in [5.74, 6) is -0.368. The number of nitrogens with zero attached hydrogens (tertiary/aromatic N) is 1. The second-order valence-electron chi connectivity index (χ2n) is 4.60. The summed E-state index contributed by atoms with van der Waals surface area (Å²) in [5.41, 5.74) is 5.93. The quantitative estimate of drug-likeness (QED) is 0.898. The van der Waals surface area contributed by atoms with Crippen molar-refractivity contribution in [3.05, 3.63) is 35.9 Å². The van der Waals surface area contributed by atoms with Crippen molar-refractivity contribution in [1.82, 2.24) is 5.06 Å². The van der Waals surface area contributed by atoms with E-state index in [-0.39, 0.29) is 12.3 Å². The van der Waals surface area contributed by atoms with Crippen LogP contribution in [0.1, 0.15) is 18.4 Å². The first-order valence-corrected chi connectivity index (χ1v) is 6.61. The maximum Gasteiger partial charge on any atom is 0.405 e. The Bertz CT molecular complexity index is 458. The van der Waals surface area contributed by atoms with Crippen LogP contribution in [0.2, 0.25) is 0 Å². The van der Waals surface area contributed by atoms with Crippen LogP contribution in [0.3, 0.4) is 0 Å². The lowest BCUT2D eigenvalue weighted by Crippen LogP contribution is -2.45. The minimum Gasteiger partial charge on any atom is -0.436 e. The van der Waals surface area contributed by atoms with Gasteiger partial charge in [-0.05, 0) is 18.4 Å². The number of hydroxylamine groups is 2. The van der Waals surface area contributed by atoms with Gasteiger partial charge in [0.05, 0.1) is 6.61 Å². The molecule has 2 rings (SSSR count). The number of carbonyl (C=O) groups excluding carboxylic acids is 2. The van der Waals surface area contributed by atoms with E-state index in [1.165, 1.54) is 5.06 Å². The van der Waals surface area contributed by atoms with Gasteiger partial charge in [-0.2, -0.15) is 0 Å². The number of rotatable bonds is 4. The summed E-state index contributed by atoms with van der Waals surface area (Å²) in [6, 6.07) is 9.32. The van der Waals surface area contributed by atoms with E-state index in [9.17, 15) is 9.59 Å². The van der Waals surface area contributed by atoms with Gasteiger partial charge in [0.25, 0.3) is 5.91 Å². The summed E-state index contributed by atoms with van der Waals surface area (Å²) in [6.45, 7) is 1.01. The van der Waals surface area contributed by atoms with Gasteiger partial charge in [-0.25, -0.2) is 9.86 Å². The monoisotopic (exact) mass is 278 g/mol. The molecule has 1 unspecified atom stereocenters. The van der Waals surface area contributed by atoms with E-state index in [4.69, 9.17) is 15.3 Å².